The van der Waals surface area contributed by atoms with Crippen LogP contribution in [0.15, 0.2) is 18.2 Å². The Balaban J connectivity index is 2.21. The molecular weight excluding hydrogens is 269 g/mol. The van der Waals surface area contributed by atoms with E-state index in [0.29, 0.717) is 11.5 Å². The fourth-order valence-corrected chi connectivity index (χ4v) is 2.67. The van der Waals surface area contributed by atoms with E-state index in [0.717, 1.165) is 19.4 Å². The van der Waals surface area contributed by atoms with E-state index in [4.69, 9.17) is 5.11 Å². The summed E-state index contributed by atoms with van der Waals surface area (Å²) in [5, 5.41) is 8.63. The zero-order valence-corrected chi connectivity index (χ0v) is 12.4. The molecule has 1 fully saturated rings. The Bertz CT molecular complexity index is 588. The van der Waals surface area contributed by atoms with Crippen LogP contribution < -0.4 is 0 Å². The number of benzene rings is 1. The predicted octanol–water partition coefficient (Wildman–Crippen LogP) is 2.43. The first-order valence-electron chi connectivity index (χ1n) is 7.25. The van der Waals surface area contributed by atoms with Crippen LogP contribution in [0.4, 0.5) is 4.39 Å². The fourth-order valence-electron chi connectivity index (χ4n) is 2.67. The third-order valence-corrected chi connectivity index (χ3v) is 4.15. The van der Waals surface area contributed by atoms with E-state index in [2.05, 4.69) is 18.8 Å². The standard InChI is InChI=1S/C17H20FNO2/c1-12-5-3-9-19(13(12)2)17(21)15-8-7-14(6-4-10-20)16(18)11-15/h7-8,11-13,20H,3,5,9-10H2,1-2H3. The molecule has 4 heteroatoms. The molecule has 1 aromatic carbocycles. The van der Waals surface area contributed by atoms with Crippen LogP contribution in [0, 0.1) is 23.6 Å². The summed E-state index contributed by atoms with van der Waals surface area (Å²) in [6.45, 7) is 4.58. The summed E-state index contributed by atoms with van der Waals surface area (Å²) in [5.74, 6) is 4.73. The number of aliphatic hydroxyl groups excluding tert-OH is 1. The summed E-state index contributed by atoms with van der Waals surface area (Å²) in [6, 6.07) is 4.49. The monoisotopic (exact) mass is 289 g/mol. The Morgan fingerprint density at radius 1 is 1.48 bits per heavy atom. The van der Waals surface area contributed by atoms with Crippen molar-refractivity contribution in [1.29, 1.82) is 0 Å². The molecule has 3 nitrogen and oxygen atoms in total. The van der Waals surface area contributed by atoms with Gasteiger partial charge in [0.15, 0.2) is 0 Å². The minimum Gasteiger partial charge on any atom is -0.384 e. The van der Waals surface area contributed by atoms with Gasteiger partial charge in [-0.15, -0.1) is 0 Å². The van der Waals surface area contributed by atoms with Gasteiger partial charge in [-0.05, 0) is 43.9 Å². The van der Waals surface area contributed by atoms with Crippen molar-refractivity contribution in [1.82, 2.24) is 4.90 Å². The summed E-state index contributed by atoms with van der Waals surface area (Å²) >= 11 is 0. The van der Waals surface area contributed by atoms with Crippen molar-refractivity contribution in [3.05, 3.63) is 35.1 Å². The number of aliphatic hydroxyl groups is 1. The van der Waals surface area contributed by atoms with Crippen LogP contribution in [0.1, 0.15) is 42.6 Å². The smallest absolute Gasteiger partial charge is 0.254 e. The third-order valence-electron chi connectivity index (χ3n) is 4.15. The number of hydrogen-bond donors (Lipinski definition) is 1. The van der Waals surface area contributed by atoms with Gasteiger partial charge in [-0.3, -0.25) is 4.79 Å². The Labute approximate surface area is 124 Å². The first kappa shape index (κ1) is 15.5. The Morgan fingerprint density at radius 2 is 2.24 bits per heavy atom. The van der Waals surface area contributed by atoms with E-state index in [1.54, 1.807) is 6.07 Å². The van der Waals surface area contributed by atoms with E-state index in [1.165, 1.54) is 12.1 Å². The van der Waals surface area contributed by atoms with Crippen molar-refractivity contribution in [2.75, 3.05) is 13.2 Å². The molecule has 0 bridgehead atoms. The molecule has 1 heterocycles. The largest absolute Gasteiger partial charge is 0.384 e. The average molecular weight is 289 g/mol. The topological polar surface area (TPSA) is 40.5 Å². The van der Waals surface area contributed by atoms with Gasteiger partial charge in [0.05, 0.1) is 5.56 Å². The van der Waals surface area contributed by atoms with Gasteiger partial charge >= 0.3 is 0 Å². The molecule has 0 radical (unpaired) electrons. The number of halogens is 1. The molecule has 1 aliphatic rings. The van der Waals surface area contributed by atoms with Crippen LogP contribution in [0.5, 0.6) is 0 Å². The molecule has 1 saturated heterocycles. The normalized spacial score (nSPS) is 21.6. The second-order valence-electron chi connectivity index (χ2n) is 5.51. The molecule has 1 aromatic rings. The van der Waals surface area contributed by atoms with Crippen molar-refractivity contribution < 1.29 is 14.3 Å². The highest BCUT2D eigenvalue weighted by Gasteiger charge is 2.29. The maximum absolute atomic E-state index is 13.9. The lowest BCUT2D eigenvalue weighted by molar-refractivity contribution is 0.0550. The number of rotatable bonds is 1. The summed E-state index contributed by atoms with van der Waals surface area (Å²) in [7, 11) is 0. The van der Waals surface area contributed by atoms with Gasteiger partial charge in [0.2, 0.25) is 0 Å². The molecule has 0 aliphatic carbocycles. The lowest BCUT2D eigenvalue weighted by Gasteiger charge is -2.38. The SMILES string of the molecule is CC1CCCN(C(=O)c2ccc(C#CCO)c(F)c2)C1C. The molecule has 2 atom stereocenters. The van der Waals surface area contributed by atoms with E-state index >= 15 is 0 Å². The summed E-state index contributed by atoms with van der Waals surface area (Å²) < 4.78 is 13.9. The highest BCUT2D eigenvalue weighted by atomic mass is 19.1. The Morgan fingerprint density at radius 3 is 2.90 bits per heavy atom. The van der Waals surface area contributed by atoms with Crippen LogP contribution >= 0.6 is 0 Å². The van der Waals surface area contributed by atoms with Gasteiger partial charge in [-0.2, -0.15) is 0 Å². The van der Waals surface area contributed by atoms with Gasteiger partial charge in [0.25, 0.3) is 5.91 Å². The molecule has 2 rings (SSSR count). The molecule has 1 aliphatic heterocycles. The van der Waals surface area contributed by atoms with Crippen molar-refractivity contribution >= 4 is 5.91 Å². The molecule has 2 unspecified atom stereocenters. The molecule has 1 amide bonds. The van der Waals surface area contributed by atoms with E-state index < -0.39 is 5.82 Å². The van der Waals surface area contributed by atoms with Gasteiger partial charge in [-0.1, -0.05) is 18.8 Å². The van der Waals surface area contributed by atoms with Gasteiger partial charge in [0, 0.05) is 18.2 Å². The molecule has 0 aromatic heterocycles. The minimum atomic E-state index is -0.528. The Hall–Kier alpha value is -1.86. The maximum atomic E-state index is 13.9. The number of nitrogens with zero attached hydrogens (tertiary/aromatic N) is 1. The number of hydrogen-bond acceptors (Lipinski definition) is 2. The van der Waals surface area contributed by atoms with Crippen LogP contribution in [-0.4, -0.2) is 35.1 Å². The summed E-state index contributed by atoms with van der Waals surface area (Å²) in [6.07, 6.45) is 2.11. The highest BCUT2D eigenvalue weighted by molar-refractivity contribution is 5.94. The summed E-state index contributed by atoms with van der Waals surface area (Å²) in [4.78, 5) is 14.3. The molecule has 0 saturated carbocycles. The second kappa shape index (κ2) is 6.73. The maximum Gasteiger partial charge on any atom is 0.254 e. The van der Waals surface area contributed by atoms with Crippen molar-refractivity contribution in [2.45, 2.75) is 32.7 Å². The lowest BCUT2D eigenvalue weighted by atomic mass is 9.91. The Kier molecular flexibility index (Phi) is 4.98. The van der Waals surface area contributed by atoms with Crippen LogP contribution in [-0.2, 0) is 0 Å². The number of carbonyl (C=O) groups is 1. The van der Waals surface area contributed by atoms with Crippen molar-refractivity contribution in [2.24, 2.45) is 5.92 Å². The average Bonchev–Trinajstić information content (AvgIpc) is 2.48. The molecule has 0 spiro atoms. The van der Waals surface area contributed by atoms with Crippen molar-refractivity contribution in [3.63, 3.8) is 0 Å². The predicted molar refractivity (Wildman–Crippen MR) is 79.3 cm³/mol. The molecular formula is C17H20FNO2. The number of piperidine rings is 1. The highest BCUT2D eigenvalue weighted by Crippen LogP contribution is 2.24. The van der Waals surface area contributed by atoms with Gasteiger partial charge < -0.3 is 10.0 Å². The first-order chi connectivity index (χ1) is 10.0. The van der Waals surface area contributed by atoms with Crippen LogP contribution in [0.25, 0.3) is 0 Å². The third kappa shape index (κ3) is 3.43. The molecule has 1 N–H and O–H groups in total. The fraction of sp³-hybridized carbons (Fsp3) is 0.471. The van der Waals surface area contributed by atoms with Crippen LogP contribution in [0.2, 0.25) is 0 Å². The van der Waals surface area contributed by atoms with E-state index in [-0.39, 0.29) is 24.1 Å². The molecule has 21 heavy (non-hydrogen) atoms. The van der Waals surface area contributed by atoms with E-state index in [1.807, 2.05) is 11.8 Å². The minimum absolute atomic E-state index is 0.130. The number of amides is 1. The first-order valence-corrected chi connectivity index (χ1v) is 7.25. The molecule has 112 valence electrons. The summed E-state index contributed by atoms with van der Waals surface area (Å²) in [5.41, 5.74) is 0.545. The zero-order valence-electron chi connectivity index (χ0n) is 12.4. The lowest BCUT2D eigenvalue weighted by Crippen LogP contribution is -2.46. The number of likely N-dealkylation sites (tertiary alicyclic amines) is 1. The van der Waals surface area contributed by atoms with Crippen molar-refractivity contribution in [3.8, 4) is 11.8 Å². The van der Waals surface area contributed by atoms with Gasteiger partial charge in [-0.25, -0.2) is 4.39 Å². The second-order valence-corrected chi connectivity index (χ2v) is 5.51. The quantitative estimate of drug-likeness (QED) is 0.807. The zero-order chi connectivity index (χ0) is 15.4. The van der Waals surface area contributed by atoms with E-state index in [9.17, 15) is 9.18 Å². The number of carbonyl (C=O) groups excluding carboxylic acids is 1. The van der Waals surface area contributed by atoms with Gasteiger partial charge in [0.1, 0.15) is 12.4 Å². The van der Waals surface area contributed by atoms with Crippen LogP contribution in [0.3, 0.4) is 0 Å².